The number of hydrogen-bond donors (Lipinski definition) is 1. The van der Waals surface area contributed by atoms with Gasteiger partial charge in [0.2, 0.25) is 0 Å². The quantitative estimate of drug-likeness (QED) is 0.817. The second kappa shape index (κ2) is 9.03. The van der Waals surface area contributed by atoms with Crippen molar-refractivity contribution in [2.75, 3.05) is 39.3 Å². The van der Waals surface area contributed by atoms with Crippen molar-refractivity contribution in [2.45, 2.75) is 32.7 Å². The summed E-state index contributed by atoms with van der Waals surface area (Å²) in [7, 11) is 0. The first kappa shape index (κ1) is 18.7. The van der Waals surface area contributed by atoms with E-state index in [0.29, 0.717) is 12.5 Å². The summed E-state index contributed by atoms with van der Waals surface area (Å²) in [5.74, 6) is 0.246. The third kappa shape index (κ3) is 4.97. The molecule has 2 aliphatic heterocycles. The molecule has 26 heavy (non-hydrogen) atoms. The van der Waals surface area contributed by atoms with E-state index >= 15 is 0 Å². The van der Waals surface area contributed by atoms with Gasteiger partial charge in [0.15, 0.2) is 0 Å². The number of rotatable bonds is 5. The molecule has 0 atom stereocenters. The molecule has 1 saturated heterocycles. The van der Waals surface area contributed by atoms with Crippen LogP contribution in [0.1, 0.15) is 30.9 Å². The number of piperidine rings is 1. The minimum absolute atomic E-state index is 0.0558. The molecule has 0 spiro atoms. The smallest absolute Gasteiger partial charge is 0.325 e. The van der Waals surface area contributed by atoms with E-state index in [1.807, 2.05) is 0 Å². The van der Waals surface area contributed by atoms with Crippen LogP contribution in [0, 0.1) is 5.92 Å². The second-order valence-corrected chi connectivity index (χ2v) is 7.15. The predicted octanol–water partition coefficient (Wildman–Crippen LogP) is 2.03. The molecular weight excluding hydrogens is 330 g/mol. The highest BCUT2D eigenvalue weighted by atomic mass is 16.5. The Hall–Kier alpha value is -2.08. The van der Waals surface area contributed by atoms with Crippen molar-refractivity contribution < 1.29 is 14.3 Å². The van der Waals surface area contributed by atoms with Crippen LogP contribution in [0.3, 0.4) is 0 Å². The molecular formula is C20H29N3O3. The third-order valence-electron chi connectivity index (χ3n) is 5.32. The summed E-state index contributed by atoms with van der Waals surface area (Å²) < 4.78 is 4.83. The number of esters is 1. The summed E-state index contributed by atoms with van der Waals surface area (Å²) in [6.07, 6.45) is 3.17. The van der Waals surface area contributed by atoms with Gasteiger partial charge in [-0.2, -0.15) is 0 Å². The molecule has 6 nitrogen and oxygen atoms in total. The Morgan fingerprint density at radius 1 is 1.15 bits per heavy atom. The molecule has 2 heterocycles. The van der Waals surface area contributed by atoms with Gasteiger partial charge in [-0.25, -0.2) is 4.79 Å². The molecule has 2 aliphatic rings. The molecule has 2 amide bonds. The summed E-state index contributed by atoms with van der Waals surface area (Å²) in [4.78, 5) is 27.8. The number of amides is 2. The zero-order valence-electron chi connectivity index (χ0n) is 15.6. The highest BCUT2D eigenvalue weighted by Gasteiger charge is 2.25. The summed E-state index contributed by atoms with van der Waals surface area (Å²) >= 11 is 0. The zero-order valence-corrected chi connectivity index (χ0v) is 15.6. The Bertz CT molecular complexity index is 626. The fraction of sp³-hybridized carbons (Fsp3) is 0.600. The van der Waals surface area contributed by atoms with Crippen molar-refractivity contribution >= 4 is 12.0 Å². The van der Waals surface area contributed by atoms with Crippen LogP contribution in [0.15, 0.2) is 24.3 Å². The summed E-state index contributed by atoms with van der Waals surface area (Å²) in [5, 5.41) is 2.65. The fourth-order valence-corrected chi connectivity index (χ4v) is 3.87. The average molecular weight is 359 g/mol. The number of carbonyl (C=O) groups excluding carboxylic acids is 2. The molecule has 6 heteroatoms. The van der Waals surface area contributed by atoms with Gasteiger partial charge in [0.1, 0.15) is 6.54 Å². The van der Waals surface area contributed by atoms with E-state index in [9.17, 15) is 9.59 Å². The highest BCUT2D eigenvalue weighted by molar-refractivity contribution is 5.80. The largest absolute Gasteiger partial charge is 0.465 e. The lowest BCUT2D eigenvalue weighted by Gasteiger charge is -2.36. The Morgan fingerprint density at radius 2 is 1.88 bits per heavy atom. The molecule has 1 fully saturated rings. The number of carbonyl (C=O) groups is 2. The van der Waals surface area contributed by atoms with Crippen LogP contribution < -0.4 is 5.32 Å². The van der Waals surface area contributed by atoms with E-state index in [1.165, 1.54) is 11.1 Å². The van der Waals surface area contributed by atoms with Gasteiger partial charge in [-0.3, -0.25) is 9.69 Å². The maximum Gasteiger partial charge on any atom is 0.325 e. The van der Waals surface area contributed by atoms with E-state index in [2.05, 4.69) is 34.5 Å². The number of urea groups is 1. The topological polar surface area (TPSA) is 61.9 Å². The molecule has 1 N–H and O–H groups in total. The van der Waals surface area contributed by atoms with Gasteiger partial charge in [-0.15, -0.1) is 0 Å². The first-order chi connectivity index (χ1) is 12.7. The van der Waals surface area contributed by atoms with Crippen LogP contribution in [-0.4, -0.2) is 61.1 Å². The molecule has 1 aromatic carbocycles. The Morgan fingerprint density at radius 3 is 2.62 bits per heavy atom. The van der Waals surface area contributed by atoms with Gasteiger partial charge in [-0.05, 0) is 43.2 Å². The van der Waals surface area contributed by atoms with E-state index in [-0.39, 0.29) is 18.5 Å². The Balaban J connectivity index is 1.39. The van der Waals surface area contributed by atoms with Crippen LogP contribution in [0.2, 0.25) is 0 Å². The first-order valence-electron chi connectivity index (χ1n) is 9.63. The maximum atomic E-state index is 12.1. The van der Waals surface area contributed by atoms with Crippen molar-refractivity contribution in [1.29, 1.82) is 0 Å². The minimum Gasteiger partial charge on any atom is -0.465 e. The number of benzene rings is 1. The predicted molar refractivity (Wildman–Crippen MR) is 99.8 cm³/mol. The minimum atomic E-state index is -0.388. The van der Waals surface area contributed by atoms with Crippen molar-refractivity contribution in [3.8, 4) is 0 Å². The summed E-state index contributed by atoms with van der Waals surface area (Å²) in [6, 6.07) is 8.55. The molecule has 3 rings (SSSR count). The summed E-state index contributed by atoms with van der Waals surface area (Å²) in [5.41, 5.74) is 2.94. The van der Waals surface area contributed by atoms with Gasteiger partial charge in [0, 0.05) is 32.7 Å². The van der Waals surface area contributed by atoms with Crippen LogP contribution in [0.4, 0.5) is 4.79 Å². The fourth-order valence-electron chi connectivity index (χ4n) is 3.87. The van der Waals surface area contributed by atoms with Gasteiger partial charge in [-0.1, -0.05) is 24.3 Å². The van der Waals surface area contributed by atoms with Crippen molar-refractivity contribution in [3.05, 3.63) is 35.4 Å². The van der Waals surface area contributed by atoms with Gasteiger partial charge < -0.3 is 15.0 Å². The monoisotopic (exact) mass is 359 g/mol. The van der Waals surface area contributed by atoms with Crippen LogP contribution in [-0.2, 0) is 22.5 Å². The van der Waals surface area contributed by atoms with Gasteiger partial charge >= 0.3 is 12.0 Å². The highest BCUT2D eigenvalue weighted by Crippen LogP contribution is 2.23. The van der Waals surface area contributed by atoms with E-state index < -0.39 is 0 Å². The molecule has 0 aliphatic carbocycles. The average Bonchev–Trinajstić information content (AvgIpc) is 2.67. The number of likely N-dealkylation sites (tertiary alicyclic amines) is 1. The number of ether oxygens (including phenoxy) is 1. The molecule has 0 radical (unpaired) electrons. The number of nitrogens with one attached hydrogen (secondary N) is 1. The molecule has 0 bridgehead atoms. The van der Waals surface area contributed by atoms with Crippen molar-refractivity contribution in [3.63, 3.8) is 0 Å². The summed E-state index contributed by atoms with van der Waals surface area (Å²) in [6.45, 7) is 6.81. The Labute approximate surface area is 155 Å². The maximum absolute atomic E-state index is 12.1. The lowest BCUT2D eigenvalue weighted by molar-refractivity contribution is -0.141. The van der Waals surface area contributed by atoms with E-state index in [0.717, 1.165) is 52.0 Å². The number of nitrogens with zero attached hydrogens (tertiary/aromatic N) is 2. The van der Waals surface area contributed by atoms with Crippen molar-refractivity contribution in [1.82, 2.24) is 15.1 Å². The molecule has 0 aromatic heterocycles. The molecule has 1 aromatic rings. The molecule has 0 unspecified atom stereocenters. The van der Waals surface area contributed by atoms with E-state index in [4.69, 9.17) is 4.74 Å². The standard InChI is InChI=1S/C20H29N3O3/c1-2-26-19(24)13-21-20(25)23-11-7-16(8-12-23)14-22-10-9-17-5-3-4-6-18(17)15-22/h3-6,16H,2,7-15H2,1H3,(H,21,25). The molecule has 0 saturated carbocycles. The van der Waals surface area contributed by atoms with Crippen LogP contribution in [0.25, 0.3) is 0 Å². The van der Waals surface area contributed by atoms with Gasteiger partial charge in [0.25, 0.3) is 0 Å². The van der Waals surface area contributed by atoms with Crippen LogP contribution >= 0.6 is 0 Å². The van der Waals surface area contributed by atoms with E-state index in [1.54, 1.807) is 11.8 Å². The number of hydrogen-bond acceptors (Lipinski definition) is 4. The normalized spacial score (nSPS) is 18.3. The third-order valence-corrected chi connectivity index (χ3v) is 5.32. The van der Waals surface area contributed by atoms with Crippen LogP contribution in [0.5, 0.6) is 0 Å². The van der Waals surface area contributed by atoms with Gasteiger partial charge in [0.05, 0.1) is 6.61 Å². The molecule has 142 valence electrons. The second-order valence-electron chi connectivity index (χ2n) is 7.15. The number of fused-ring (bicyclic) bond motifs is 1. The first-order valence-corrected chi connectivity index (χ1v) is 9.63. The Kier molecular flexibility index (Phi) is 6.50. The SMILES string of the molecule is CCOC(=O)CNC(=O)N1CCC(CN2CCc3ccccc3C2)CC1. The lowest BCUT2D eigenvalue weighted by atomic mass is 9.94. The lowest BCUT2D eigenvalue weighted by Crippen LogP contribution is -2.47. The zero-order chi connectivity index (χ0) is 18.4. The van der Waals surface area contributed by atoms with Crippen molar-refractivity contribution in [2.24, 2.45) is 5.92 Å².